The summed E-state index contributed by atoms with van der Waals surface area (Å²) in [6, 6.07) is 4.77. The molecule has 0 radical (unpaired) electrons. The highest BCUT2D eigenvalue weighted by molar-refractivity contribution is 5.92. The Morgan fingerprint density at radius 1 is 1.04 bits per heavy atom. The van der Waals surface area contributed by atoms with Crippen molar-refractivity contribution in [3.05, 3.63) is 80.3 Å². The molecule has 0 nitrogen and oxygen atoms in total. The van der Waals surface area contributed by atoms with E-state index in [1.807, 2.05) is 0 Å². The summed E-state index contributed by atoms with van der Waals surface area (Å²) in [6.45, 7) is 11.6. The molecule has 0 aliphatic heterocycles. The fourth-order valence-electron chi connectivity index (χ4n) is 4.79. The van der Waals surface area contributed by atoms with E-state index in [-0.39, 0.29) is 5.41 Å². The maximum atomic E-state index is 2.46. The van der Waals surface area contributed by atoms with E-state index in [4.69, 9.17) is 0 Å². The zero-order valence-corrected chi connectivity index (χ0v) is 16.2. The van der Waals surface area contributed by atoms with Crippen LogP contribution in [0.2, 0.25) is 0 Å². The first-order valence-electron chi connectivity index (χ1n) is 9.65. The second kappa shape index (κ2) is 5.73. The SMILES string of the molecule is CCc1cc(C)c2c(c1)=CC1=C(C3=CC=CC3)C(C)(CC)C(C)=CC=21. The molecule has 0 aromatic heterocycles. The Morgan fingerprint density at radius 2 is 1.84 bits per heavy atom. The van der Waals surface area contributed by atoms with Crippen LogP contribution in [-0.4, -0.2) is 0 Å². The third-order valence-corrected chi connectivity index (χ3v) is 6.55. The van der Waals surface area contributed by atoms with E-state index in [0.717, 1.165) is 19.3 Å². The van der Waals surface area contributed by atoms with E-state index in [0.29, 0.717) is 0 Å². The lowest BCUT2D eigenvalue weighted by Crippen LogP contribution is -2.28. The first kappa shape index (κ1) is 16.4. The average Bonchev–Trinajstić information content (AvgIpc) is 3.23. The van der Waals surface area contributed by atoms with Crippen molar-refractivity contribution in [3.8, 4) is 0 Å². The summed E-state index contributed by atoms with van der Waals surface area (Å²) >= 11 is 0. The van der Waals surface area contributed by atoms with Gasteiger partial charge in [0.05, 0.1) is 0 Å². The Labute approximate surface area is 151 Å². The van der Waals surface area contributed by atoms with Gasteiger partial charge in [0.1, 0.15) is 0 Å². The minimum absolute atomic E-state index is 0.136. The highest BCUT2D eigenvalue weighted by Gasteiger charge is 2.37. The largest absolute Gasteiger partial charge is 0.0801 e. The van der Waals surface area contributed by atoms with Gasteiger partial charge < -0.3 is 0 Å². The topological polar surface area (TPSA) is 0 Å². The predicted molar refractivity (Wildman–Crippen MR) is 109 cm³/mol. The van der Waals surface area contributed by atoms with Gasteiger partial charge in [0.25, 0.3) is 0 Å². The van der Waals surface area contributed by atoms with Crippen LogP contribution in [0.5, 0.6) is 0 Å². The quantitative estimate of drug-likeness (QED) is 0.727. The minimum Gasteiger partial charge on any atom is -0.0801 e. The molecular formula is C25H28. The third-order valence-electron chi connectivity index (χ3n) is 6.55. The van der Waals surface area contributed by atoms with Crippen LogP contribution in [0.1, 0.15) is 51.7 Å². The Kier molecular flexibility index (Phi) is 3.76. The van der Waals surface area contributed by atoms with Gasteiger partial charge in [-0.15, -0.1) is 0 Å². The molecule has 0 spiro atoms. The van der Waals surface area contributed by atoms with Gasteiger partial charge in [-0.05, 0) is 83.0 Å². The van der Waals surface area contributed by atoms with Gasteiger partial charge in [0.15, 0.2) is 0 Å². The molecule has 0 fully saturated rings. The molecular weight excluding hydrogens is 300 g/mol. The lowest BCUT2D eigenvalue weighted by Gasteiger charge is -2.38. The Balaban J connectivity index is 2.10. The van der Waals surface area contributed by atoms with E-state index < -0.39 is 0 Å². The van der Waals surface area contributed by atoms with Gasteiger partial charge in [-0.2, -0.15) is 0 Å². The molecule has 0 heteroatoms. The molecule has 1 aromatic rings. The molecule has 25 heavy (non-hydrogen) atoms. The first-order chi connectivity index (χ1) is 12.0. The van der Waals surface area contributed by atoms with Crippen LogP contribution in [0, 0.1) is 12.3 Å². The van der Waals surface area contributed by atoms with Gasteiger partial charge >= 0.3 is 0 Å². The molecule has 1 atom stereocenters. The fourth-order valence-corrected chi connectivity index (χ4v) is 4.79. The van der Waals surface area contributed by atoms with Gasteiger partial charge in [-0.25, -0.2) is 0 Å². The van der Waals surface area contributed by atoms with Crippen LogP contribution in [0.4, 0.5) is 0 Å². The number of hydrogen-bond acceptors (Lipinski definition) is 0. The average molecular weight is 328 g/mol. The standard InChI is InChI=1S/C25H28/c1-6-18-12-16(3)23-20(14-18)15-22-21(23)13-17(4)25(5,7-2)24(22)19-10-8-9-11-19/h8-10,12-15H,6-7,11H2,1-5H3. The normalized spacial score (nSPS) is 24.1. The summed E-state index contributed by atoms with van der Waals surface area (Å²) in [4.78, 5) is 0. The van der Waals surface area contributed by atoms with Crippen molar-refractivity contribution in [2.45, 2.75) is 53.9 Å². The first-order valence-corrected chi connectivity index (χ1v) is 9.65. The molecule has 3 aliphatic rings. The molecule has 128 valence electrons. The summed E-state index contributed by atoms with van der Waals surface area (Å²) in [5.41, 5.74) is 10.5. The molecule has 0 saturated carbocycles. The van der Waals surface area contributed by atoms with Crippen LogP contribution in [0.3, 0.4) is 0 Å². The summed E-state index contributed by atoms with van der Waals surface area (Å²) in [6.07, 6.45) is 15.1. The lowest BCUT2D eigenvalue weighted by molar-refractivity contribution is 0.461. The molecule has 0 N–H and O–H groups in total. The second-order valence-electron chi connectivity index (χ2n) is 7.91. The van der Waals surface area contributed by atoms with E-state index in [1.54, 1.807) is 5.57 Å². The van der Waals surface area contributed by atoms with Crippen LogP contribution >= 0.6 is 0 Å². The Morgan fingerprint density at radius 3 is 2.48 bits per heavy atom. The maximum absolute atomic E-state index is 2.46. The van der Waals surface area contributed by atoms with Crippen molar-refractivity contribution in [1.82, 2.24) is 0 Å². The Hall–Kier alpha value is -2.08. The van der Waals surface area contributed by atoms with Gasteiger partial charge in [0, 0.05) is 5.41 Å². The number of rotatable bonds is 3. The minimum atomic E-state index is 0.136. The summed E-state index contributed by atoms with van der Waals surface area (Å²) in [7, 11) is 0. The molecule has 3 aliphatic carbocycles. The summed E-state index contributed by atoms with van der Waals surface area (Å²) in [5.74, 6) is 0. The Bertz CT molecular complexity index is 1000. The zero-order valence-electron chi connectivity index (χ0n) is 16.2. The van der Waals surface area contributed by atoms with E-state index in [9.17, 15) is 0 Å². The highest BCUT2D eigenvalue weighted by atomic mass is 14.4. The molecule has 0 saturated heterocycles. The summed E-state index contributed by atoms with van der Waals surface area (Å²) < 4.78 is 0. The van der Waals surface area contributed by atoms with Gasteiger partial charge in [-0.1, -0.05) is 62.8 Å². The van der Waals surface area contributed by atoms with Crippen molar-refractivity contribution in [2.75, 3.05) is 0 Å². The maximum Gasteiger partial charge on any atom is 0.0140 e. The third kappa shape index (κ3) is 2.27. The van der Waals surface area contributed by atoms with Crippen molar-refractivity contribution in [2.24, 2.45) is 5.41 Å². The number of benzene rings is 1. The fraction of sp³-hybridized carbons (Fsp3) is 0.360. The van der Waals surface area contributed by atoms with Crippen molar-refractivity contribution < 1.29 is 0 Å². The predicted octanol–water partition coefficient (Wildman–Crippen LogP) is 5.06. The van der Waals surface area contributed by atoms with Crippen LogP contribution in [0.25, 0.3) is 11.6 Å². The smallest absolute Gasteiger partial charge is 0.0140 e. The number of hydrogen-bond donors (Lipinski definition) is 0. The van der Waals surface area contributed by atoms with Crippen LogP contribution in [-0.2, 0) is 6.42 Å². The van der Waals surface area contributed by atoms with Crippen LogP contribution < -0.4 is 10.4 Å². The van der Waals surface area contributed by atoms with Gasteiger partial charge in [-0.3, -0.25) is 0 Å². The number of aryl methyl sites for hydroxylation is 2. The summed E-state index contributed by atoms with van der Waals surface area (Å²) in [5, 5.41) is 2.86. The molecule has 1 aromatic carbocycles. The number of fused-ring (bicyclic) bond motifs is 2. The zero-order chi connectivity index (χ0) is 17.8. The second-order valence-corrected chi connectivity index (χ2v) is 7.91. The molecule has 4 rings (SSSR count). The van der Waals surface area contributed by atoms with E-state index in [2.05, 4.69) is 77.1 Å². The monoisotopic (exact) mass is 328 g/mol. The molecule has 0 amide bonds. The number of allylic oxidation sites excluding steroid dienone is 8. The van der Waals surface area contributed by atoms with E-state index in [1.165, 1.54) is 43.9 Å². The van der Waals surface area contributed by atoms with Crippen molar-refractivity contribution >= 4 is 11.6 Å². The van der Waals surface area contributed by atoms with Crippen LogP contribution in [0.15, 0.2) is 58.7 Å². The highest BCUT2D eigenvalue weighted by Crippen LogP contribution is 2.51. The molecule has 0 bridgehead atoms. The lowest BCUT2D eigenvalue weighted by atomic mass is 9.65. The van der Waals surface area contributed by atoms with Crippen molar-refractivity contribution in [1.29, 1.82) is 0 Å². The van der Waals surface area contributed by atoms with E-state index >= 15 is 0 Å². The molecule has 0 heterocycles. The van der Waals surface area contributed by atoms with Crippen molar-refractivity contribution in [3.63, 3.8) is 0 Å². The molecule has 1 unspecified atom stereocenters. The van der Waals surface area contributed by atoms with Gasteiger partial charge in [0.2, 0.25) is 0 Å².